The molecule has 0 aliphatic carbocycles. The summed E-state index contributed by atoms with van der Waals surface area (Å²) in [5, 5.41) is 28.8. The fourth-order valence-electron chi connectivity index (χ4n) is 9.76. The van der Waals surface area contributed by atoms with Crippen molar-refractivity contribution in [1.82, 2.24) is 40.2 Å². The zero-order valence-electron chi connectivity index (χ0n) is 43.7. The molecule has 8 rings (SSSR count). The van der Waals surface area contributed by atoms with Crippen LogP contribution < -0.4 is 10.6 Å². The third kappa shape index (κ3) is 15.8. The van der Waals surface area contributed by atoms with Gasteiger partial charge in [-0.1, -0.05) is 39.7 Å². The number of esters is 2. The van der Waals surface area contributed by atoms with Crippen LogP contribution in [0.3, 0.4) is 0 Å². The second kappa shape index (κ2) is 27.3. The standard InChI is InChI=1S/C26H29BrF3N5O4S.C26H29ClF3N5O4S/c2*1-3-39-25(38)21-19(12-35-8-6-15(26(29,30)14-35)11-34(2)13-20(36)37)32-23(24-31-7-9-40-24)33-22(21)17-5-4-16(28)10-18(17)27/h2*4-5,7,9-10,15,22H,3,6,8,11-14H2,1-2H3,(H,32,33)(H,36,37). The molecule has 0 radical (unpaired) electrons. The molecule has 2 saturated heterocycles. The van der Waals surface area contributed by atoms with Gasteiger partial charge in [0.05, 0.1) is 50.5 Å². The van der Waals surface area contributed by atoms with Crippen molar-refractivity contribution in [3.8, 4) is 0 Å². The van der Waals surface area contributed by atoms with Crippen LogP contribution in [0.5, 0.6) is 0 Å². The number of rotatable bonds is 20. The van der Waals surface area contributed by atoms with Gasteiger partial charge >= 0.3 is 23.9 Å². The third-order valence-electron chi connectivity index (χ3n) is 13.3. The summed E-state index contributed by atoms with van der Waals surface area (Å²) in [6.45, 7) is 2.03. The molecule has 4 aliphatic heterocycles. The molecule has 4 unspecified atom stereocenters. The van der Waals surface area contributed by atoms with Crippen LogP contribution in [0, 0.1) is 23.5 Å². The minimum atomic E-state index is -3.10. The lowest BCUT2D eigenvalue weighted by atomic mass is 9.91. The number of piperidine rings is 2. The largest absolute Gasteiger partial charge is 0.480 e. The lowest BCUT2D eigenvalue weighted by molar-refractivity contribution is -0.141. The maximum Gasteiger partial charge on any atom is 0.338 e. The summed E-state index contributed by atoms with van der Waals surface area (Å²) in [6.07, 6.45) is 3.45. The van der Waals surface area contributed by atoms with Gasteiger partial charge in [-0.25, -0.2) is 45.9 Å². The van der Waals surface area contributed by atoms with Crippen molar-refractivity contribution in [1.29, 1.82) is 0 Å². The first-order valence-electron chi connectivity index (χ1n) is 25.2. The van der Waals surface area contributed by atoms with E-state index in [9.17, 15) is 28.0 Å². The summed E-state index contributed by atoms with van der Waals surface area (Å²) in [5.41, 5.74) is 1.73. The average Bonchev–Trinajstić information content (AvgIpc) is 4.12. The molecule has 4 aromatic rings. The highest BCUT2D eigenvalue weighted by Gasteiger charge is 2.47. The van der Waals surface area contributed by atoms with E-state index in [2.05, 4.69) is 41.5 Å². The maximum absolute atomic E-state index is 15.3. The fourth-order valence-corrected chi connectivity index (χ4v) is 11.8. The van der Waals surface area contributed by atoms with Gasteiger partial charge in [-0.15, -0.1) is 22.7 Å². The van der Waals surface area contributed by atoms with Crippen molar-refractivity contribution in [2.75, 3.05) is 92.8 Å². The van der Waals surface area contributed by atoms with Gasteiger partial charge in [0, 0.05) is 87.6 Å². The van der Waals surface area contributed by atoms with E-state index >= 15 is 17.6 Å². The van der Waals surface area contributed by atoms with Crippen molar-refractivity contribution in [3.05, 3.63) is 124 Å². The second-order valence-corrected chi connectivity index (χ2v) is 22.4. The van der Waals surface area contributed by atoms with Gasteiger partial charge in [0.15, 0.2) is 21.7 Å². The monoisotopic (exact) mass is 1240 g/mol. The number of hydrogen-bond acceptors (Lipinski definition) is 18. The van der Waals surface area contributed by atoms with Crippen LogP contribution >= 0.6 is 50.2 Å². The Balaban J connectivity index is 0.000000231. The molecule has 4 atom stereocenters. The van der Waals surface area contributed by atoms with Gasteiger partial charge in [-0.05, 0) is 83.7 Å². The number of benzene rings is 2. The van der Waals surface area contributed by atoms with Crippen LogP contribution in [0.4, 0.5) is 26.3 Å². The number of carboxylic acids is 2. The minimum absolute atomic E-state index is 0.0267. The van der Waals surface area contributed by atoms with E-state index in [-0.39, 0.29) is 88.0 Å². The number of thiazole rings is 2. The predicted molar refractivity (Wildman–Crippen MR) is 291 cm³/mol. The number of likely N-dealkylation sites (tertiary alicyclic amines) is 2. The quantitative estimate of drug-likeness (QED) is 0.0492. The summed E-state index contributed by atoms with van der Waals surface area (Å²) in [5.74, 6) is -12.1. The van der Waals surface area contributed by atoms with E-state index in [1.807, 2.05) is 0 Å². The zero-order chi connectivity index (χ0) is 58.1. The molecule has 0 saturated carbocycles. The maximum atomic E-state index is 15.3. The van der Waals surface area contributed by atoms with Crippen LogP contribution in [0.2, 0.25) is 5.02 Å². The molecule has 0 bridgehead atoms. The molecule has 4 aliphatic rings. The zero-order valence-corrected chi connectivity index (χ0v) is 47.7. The van der Waals surface area contributed by atoms with Crippen LogP contribution in [-0.4, -0.2) is 180 Å². The van der Waals surface area contributed by atoms with Crippen molar-refractivity contribution >= 4 is 85.8 Å². The number of nitrogens with zero attached hydrogens (tertiary/aromatic N) is 8. The Hall–Kier alpha value is -5.81. The van der Waals surface area contributed by atoms with Gasteiger partial charge in [-0.2, -0.15) is 0 Å². The van der Waals surface area contributed by atoms with Gasteiger partial charge in [0.1, 0.15) is 23.7 Å². The Labute approximate surface area is 478 Å². The molecule has 2 aromatic heterocycles. The first kappa shape index (κ1) is 61.8. The lowest BCUT2D eigenvalue weighted by Crippen LogP contribution is -2.53. The minimum Gasteiger partial charge on any atom is -0.480 e. The van der Waals surface area contributed by atoms with Crippen LogP contribution in [-0.2, 0) is 28.7 Å². The number of carboxylic acid groups (broad SMARTS) is 2. The van der Waals surface area contributed by atoms with E-state index in [4.69, 9.17) is 36.3 Å². The van der Waals surface area contributed by atoms with E-state index in [0.29, 0.717) is 55.2 Å². The van der Waals surface area contributed by atoms with E-state index in [1.54, 1.807) is 41.9 Å². The molecule has 80 heavy (non-hydrogen) atoms. The summed E-state index contributed by atoms with van der Waals surface area (Å²) >= 11 is 12.4. The van der Waals surface area contributed by atoms with Crippen molar-refractivity contribution in [3.63, 3.8) is 0 Å². The Morgan fingerprint density at radius 3 is 1.52 bits per heavy atom. The Morgan fingerprint density at radius 1 is 0.725 bits per heavy atom. The van der Waals surface area contributed by atoms with Crippen LogP contribution in [0.15, 0.2) is 96.5 Å². The topological polar surface area (TPSA) is 215 Å². The Morgan fingerprint density at radius 2 is 1.15 bits per heavy atom. The normalized spacial score (nSPS) is 21.2. The third-order valence-corrected chi connectivity index (χ3v) is 15.9. The van der Waals surface area contributed by atoms with Crippen molar-refractivity contribution in [2.45, 2.75) is 50.6 Å². The molecule has 6 heterocycles. The number of alkyl halides is 4. The molecule has 4 N–H and O–H groups in total. The predicted octanol–water partition coefficient (Wildman–Crippen LogP) is 7.74. The number of ether oxygens (including phenoxy) is 2. The van der Waals surface area contributed by atoms with Gasteiger partial charge in [-0.3, -0.25) is 39.2 Å². The molecule has 28 heteroatoms. The number of likely N-dealkylation sites (N-methyl/N-ethyl adjacent to an activating group) is 2. The van der Waals surface area contributed by atoms with E-state index in [0.717, 1.165) is 6.07 Å². The highest BCUT2D eigenvalue weighted by atomic mass is 79.9. The van der Waals surface area contributed by atoms with Crippen molar-refractivity contribution in [2.24, 2.45) is 21.8 Å². The number of aliphatic imine (C=N–C) groups is 2. The highest BCUT2D eigenvalue weighted by Crippen LogP contribution is 2.41. The molecule has 2 aromatic carbocycles. The SMILES string of the molecule is CCOC(=O)C1=C(CN2CCC(CN(C)CC(=O)O)C(F)(F)C2)NC(c2nccs2)=NC1c1ccc(F)cc1Br.CCOC(=O)C1=C(CN2CCC(CN(C)CC(=O)O)C(F)(F)C2)NC(c2nccs2)=NC1c1ccc(F)cc1Cl. The Kier molecular flexibility index (Phi) is 21.1. The molecule has 0 amide bonds. The number of aromatic nitrogens is 2. The van der Waals surface area contributed by atoms with Gasteiger partial charge < -0.3 is 30.3 Å². The average molecular weight is 1240 g/mol. The second-order valence-electron chi connectivity index (χ2n) is 19.3. The Bertz CT molecular complexity index is 2810. The van der Waals surface area contributed by atoms with Gasteiger partial charge in [0.25, 0.3) is 11.8 Å². The number of halogens is 8. The first-order valence-corrected chi connectivity index (χ1v) is 28.1. The van der Waals surface area contributed by atoms with E-state index < -0.39 is 84.4 Å². The molecule has 0 spiro atoms. The summed E-state index contributed by atoms with van der Waals surface area (Å²) < 4.78 is 99.9. The molecule has 2 fully saturated rings. The number of hydrogen-bond donors (Lipinski definition) is 4. The number of nitrogens with one attached hydrogen (secondary N) is 2. The number of aliphatic carboxylic acids is 2. The fraction of sp³-hybridized carbons (Fsp3) is 0.462. The number of carbonyl (C=O) groups excluding carboxylic acids is 2. The number of amidine groups is 2. The summed E-state index contributed by atoms with van der Waals surface area (Å²) in [4.78, 5) is 72.3. The highest BCUT2D eigenvalue weighted by molar-refractivity contribution is 9.10. The molecular formula is C52H58BrClF6N10O8S2. The molecular weight excluding hydrogens is 1190 g/mol. The summed E-state index contributed by atoms with van der Waals surface area (Å²) in [7, 11) is 3.01. The first-order chi connectivity index (χ1) is 38.0. The molecule has 18 nitrogen and oxygen atoms in total. The lowest BCUT2D eigenvalue weighted by Gasteiger charge is -2.40. The molecule has 432 valence electrons. The summed E-state index contributed by atoms with van der Waals surface area (Å²) in [6, 6.07) is 5.89. The van der Waals surface area contributed by atoms with Crippen LogP contribution in [0.25, 0.3) is 0 Å². The van der Waals surface area contributed by atoms with Crippen molar-refractivity contribution < 1.29 is 65.2 Å². The van der Waals surface area contributed by atoms with Crippen LogP contribution in [0.1, 0.15) is 59.9 Å². The number of carbonyl (C=O) groups is 4. The van der Waals surface area contributed by atoms with E-state index in [1.165, 1.54) is 81.8 Å². The smallest absolute Gasteiger partial charge is 0.338 e. The van der Waals surface area contributed by atoms with Gasteiger partial charge in [0.2, 0.25) is 0 Å².